The summed E-state index contributed by atoms with van der Waals surface area (Å²) in [5.74, 6) is 1.63. The highest BCUT2D eigenvalue weighted by Gasteiger charge is 2.19. The van der Waals surface area contributed by atoms with Crippen LogP contribution in [0.2, 0.25) is 0 Å². The predicted octanol–water partition coefficient (Wildman–Crippen LogP) is 2.31. The van der Waals surface area contributed by atoms with Crippen molar-refractivity contribution >= 4 is 5.78 Å². The first kappa shape index (κ1) is 9.25. The summed E-state index contributed by atoms with van der Waals surface area (Å²) in [5, 5.41) is 0. The third-order valence-electron chi connectivity index (χ3n) is 2.55. The van der Waals surface area contributed by atoms with Gasteiger partial charge in [0.1, 0.15) is 11.5 Å². The Hall–Kier alpha value is -1.31. The summed E-state index contributed by atoms with van der Waals surface area (Å²) in [7, 11) is 0. The lowest BCUT2D eigenvalue weighted by Crippen LogP contribution is -1.96. The van der Waals surface area contributed by atoms with E-state index in [-0.39, 0.29) is 5.78 Å². The smallest absolute Gasteiger partial charge is 0.134 e. The number of Topliss-reactive ketones (excluding diaryl/α,β-unsaturated/α-hetero) is 1. The summed E-state index contributed by atoms with van der Waals surface area (Å²) >= 11 is 0. The number of carbonyl (C=O) groups is 1. The first-order valence-electron chi connectivity index (χ1n) is 4.92. The lowest BCUT2D eigenvalue weighted by atomic mass is 10.0. The molecule has 1 aromatic rings. The zero-order valence-corrected chi connectivity index (χ0v) is 8.54. The van der Waals surface area contributed by atoms with Gasteiger partial charge in [0, 0.05) is 17.9 Å². The molecule has 1 aromatic carbocycles. The Morgan fingerprint density at radius 3 is 3.07 bits per heavy atom. The summed E-state index contributed by atoms with van der Waals surface area (Å²) in [5.41, 5.74) is 2.31. The van der Waals surface area contributed by atoms with Crippen LogP contribution in [0.4, 0.5) is 0 Å². The molecule has 2 nitrogen and oxygen atoms in total. The summed E-state index contributed by atoms with van der Waals surface area (Å²) in [4.78, 5) is 10.9. The highest BCUT2D eigenvalue weighted by atomic mass is 16.5. The van der Waals surface area contributed by atoms with Gasteiger partial charge in [-0.25, -0.2) is 0 Å². The number of rotatable bonds is 2. The zero-order valence-electron chi connectivity index (χ0n) is 8.54. The Morgan fingerprint density at radius 2 is 2.36 bits per heavy atom. The molecule has 1 heterocycles. The van der Waals surface area contributed by atoms with Crippen molar-refractivity contribution in [2.45, 2.75) is 26.2 Å². The van der Waals surface area contributed by atoms with E-state index in [1.165, 1.54) is 5.56 Å². The topological polar surface area (TPSA) is 26.3 Å². The second-order valence-corrected chi connectivity index (χ2v) is 3.96. The summed E-state index contributed by atoms with van der Waals surface area (Å²) in [6.07, 6.45) is 0.505. The fourth-order valence-corrected chi connectivity index (χ4v) is 1.81. The maximum absolute atomic E-state index is 10.9. The first-order valence-corrected chi connectivity index (χ1v) is 4.92. The molecule has 0 fully saturated rings. The van der Waals surface area contributed by atoms with E-state index in [1.54, 1.807) is 6.92 Å². The van der Waals surface area contributed by atoms with Crippen LogP contribution >= 0.6 is 0 Å². The van der Waals surface area contributed by atoms with Gasteiger partial charge in [0.05, 0.1) is 6.61 Å². The van der Waals surface area contributed by atoms with Gasteiger partial charge in [-0.2, -0.15) is 0 Å². The van der Waals surface area contributed by atoms with E-state index in [4.69, 9.17) is 4.74 Å². The Bertz CT molecular complexity index is 369. The molecule has 0 bridgehead atoms. The van der Waals surface area contributed by atoms with Gasteiger partial charge in [0.25, 0.3) is 0 Å². The summed E-state index contributed by atoms with van der Waals surface area (Å²) in [6, 6.07) is 6.08. The molecular formula is C12H14O2. The molecule has 1 unspecified atom stereocenters. The molecule has 0 aliphatic carbocycles. The molecule has 0 N–H and O–H groups in total. The molecule has 1 atom stereocenters. The van der Waals surface area contributed by atoms with Crippen LogP contribution in [-0.2, 0) is 11.2 Å². The number of ether oxygens (including phenoxy) is 1. The standard InChI is InChI=1S/C12H14O2/c1-8-7-14-12-6-10(5-9(2)13)3-4-11(8)12/h3-4,6,8H,5,7H2,1-2H3. The van der Waals surface area contributed by atoms with E-state index in [0.717, 1.165) is 17.9 Å². The van der Waals surface area contributed by atoms with E-state index < -0.39 is 0 Å². The third-order valence-corrected chi connectivity index (χ3v) is 2.55. The van der Waals surface area contributed by atoms with E-state index in [1.807, 2.05) is 12.1 Å². The number of benzene rings is 1. The maximum atomic E-state index is 10.9. The van der Waals surface area contributed by atoms with Crippen LogP contribution < -0.4 is 4.74 Å². The van der Waals surface area contributed by atoms with Crippen molar-refractivity contribution < 1.29 is 9.53 Å². The molecule has 1 aliphatic rings. The van der Waals surface area contributed by atoms with Crippen LogP contribution in [0, 0.1) is 0 Å². The van der Waals surface area contributed by atoms with Crippen molar-refractivity contribution in [3.05, 3.63) is 29.3 Å². The maximum Gasteiger partial charge on any atom is 0.134 e. The van der Waals surface area contributed by atoms with Gasteiger partial charge < -0.3 is 4.74 Å². The van der Waals surface area contributed by atoms with Gasteiger partial charge in [-0.1, -0.05) is 19.1 Å². The number of carbonyl (C=O) groups excluding carboxylic acids is 1. The fourth-order valence-electron chi connectivity index (χ4n) is 1.81. The molecule has 2 heteroatoms. The van der Waals surface area contributed by atoms with Crippen LogP contribution in [0.5, 0.6) is 5.75 Å². The molecule has 1 aliphatic heterocycles. The molecule has 0 saturated carbocycles. The van der Waals surface area contributed by atoms with Crippen molar-refractivity contribution in [2.24, 2.45) is 0 Å². The Balaban J connectivity index is 2.28. The van der Waals surface area contributed by atoms with E-state index >= 15 is 0 Å². The van der Waals surface area contributed by atoms with E-state index in [0.29, 0.717) is 12.3 Å². The van der Waals surface area contributed by atoms with Gasteiger partial charge in [-0.3, -0.25) is 4.79 Å². The average molecular weight is 190 g/mol. The fraction of sp³-hybridized carbons (Fsp3) is 0.417. The lowest BCUT2D eigenvalue weighted by molar-refractivity contribution is -0.116. The van der Waals surface area contributed by atoms with Gasteiger partial charge in [-0.15, -0.1) is 0 Å². The third kappa shape index (κ3) is 1.65. The zero-order chi connectivity index (χ0) is 10.1. The van der Waals surface area contributed by atoms with E-state index in [2.05, 4.69) is 13.0 Å². The molecule has 0 amide bonds. The number of ketones is 1. The molecule has 0 radical (unpaired) electrons. The highest BCUT2D eigenvalue weighted by molar-refractivity contribution is 5.78. The molecule has 74 valence electrons. The molecule has 0 spiro atoms. The Labute approximate surface area is 83.9 Å². The molecule has 0 aromatic heterocycles. The van der Waals surface area contributed by atoms with Gasteiger partial charge in [0.15, 0.2) is 0 Å². The molecule has 2 rings (SSSR count). The SMILES string of the molecule is CC(=O)Cc1ccc2c(c1)OCC2C. The van der Waals surface area contributed by atoms with Gasteiger partial charge in [-0.05, 0) is 18.6 Å². The van der Waals surface area contributed by atoms with Crippen molar-refractivity contribution in [1.29, 1.82) is 0 Å². The minimum absolute atomic E-state index is 0.191. The Kier molecular flexibility index (Phi) is 2.28. The number of hydrogen-bond donors (Lipinski definition) is 0. The normalized spacial score (nSPS) is 18.9. The van der Waals surface area contributed by atoms with Crippen molar-refractivity contribution in [2.75, 3.05) is 6.61 Å². The van der Waals surface area contributed by atoms with Gasteiger partial charge >= 0.3 is 0 Å². The molecule has 14 heavy (non-hydrogen) atoms. The van der Waals surface area contributed by atoms with Crippen molar-refractivity contribution in [1.82, 2.24) is 0 Å². The van der Waals surface area contributed by atoms with E-state index in [9.17, 15) is 4.79 Å². The van der Waals surface area contributed by atoms with Crippen LogP contribution in [0.1, 0.15) is 30.9 Å². The largest absolute Gasteiger partial charge is 0.493 e. The molecular weight excluding hydrogens is 176 g/mol. The van der Waals surface area contributed by atoms with Gasteiger partial charge in [0.2, 0.25) is 0 Å². The summed E-state index contributed by atoms with van der Waals surface area (Å²) in [6.45, 7) is 4.52. The van der Waals surface area contributed by atoms with Crippen molar-refractivity contribution in [3.63, 3.8) is 0 Å². The average Bonchev–Trinajstić information content (AvgIpc) is 2.46. The quantitative estimate of drug-likeness (QED) is 0.715. The molecule has 0 saturated heterocycles. The first-order chi connectivity index (χ1) is 6.66. The number of fused-ring (bicyclic) bond motifs is 1. The minimum atomic E-state index is 0.191. The van der Waals surface area contributed by atoms with Crippen LogP contribution in [-0.4, -0.2) is 12.4 Å². The highest BCUT2D eigenvalue weighted by Crippen LogP contribution is 2.34. The second kappa shape index (κ2) is 3.45. The lowest BCUT2D eigenvalue weighted by Gasteiger charge is -2.03. The minimum Gasteiger partial charge on any atom is -0.493 e. The predicted molar refractivity (Wildman–Crippen MR) is 54.7 cm³/mol. The van der Waals surface area contributed by atoms with Crippen LogP contribution in [0.25, 0.3) is 0 Å². The van der Waals surface area contributed by atoms with Crippen LogP contribution in [0.15, 0.2) is 18.2 Å². The second-order valence-electron chi connectivity index (χ2n) is 3.96. The monoisotopic (exact) mass is 190 g/mol. The van der Waals surface area contributed by atoms with Crippen LogP contribution in [0.3, 0.4) is 0 Å². The summed E-state index contributed by atoms with van der Waals surface area (Å²) < 4.78 is 5.52. The van der Waals surface area contributed by atoms with Crippen molar-refractivity contribution in [3.8, 4) is 5.75 Å². The number of hydrogen-bond acceptors (Lipinski definition) is 2. The Morgan fingerprint density at radius 1 is 1.57 bits per heavy atom.